The van der Waals surface area contributed by atoms with E-state index in [1.54, 1.807) is 12.1 Å². The first-order valence-electron chi connectivity index (χ1n) is 4.35. The monoisotopic (exact) mass is 212 g/mol. The molecule has 1 rings (SSSR count). The highest BCUT2D eigenvalue weighted by Gasteiger charge is 2.03. The van der Waals surface area contributed by atoms with E-state index >= 15 is 0 Å². The number of rotatable bonds is 3. The van der Waals surface area contributed by atoms with Crippen LogP contribution in [0, 0.1) is 0 Å². The first-order chi connectivity index (χ1) is 6.61. The van der Waals surface area contributed by atoms with Crippen molar-refractivity contribution < 1.29 is 4.84 Å². The quantitative estimate of drug-likeness (QED) is 0.475. The maximum Gasteiger partial charge on any atom is 0.171 e. The van der Waals surface area contributed by atoms with E-state index in [4.69, 9.17) is 22.2 Å². The molecule has 76 valence electrons. The standard InChI is InChI=1S/C10H13ClN2O/c1-7(2)14-13-10(12)8-5-3-4-6-9(8)11/h3-7H,1-2H3,(H2,12,13). The molecule has 0 bridgehead atoms. The first-order valence-corrected chi connectivity index (χ1v) is 4.73. The maximum atomic E-state index is 5.92. The fourth-order valence-electron chi connectivity index (χ4n) is 0.880. The van der Waals surface area contributed by atoms with Crippen molar-refractivity contribution in [3.05, 3.63) is 34.9 Å². The van der Waals surface area contributed by atoms with Gasteiger partial charge >= 0.3 is 0 Å². The van der Waals surface area contributed by atoms with Gasteiger partial charge in [-0.3, -0.25) is 0 Å². The van der Waals surface area contributed by atoms with Crippen LogP contribution in [0.4, 0.5) is 0 Å². The molecule has 0 aliphatic rings. The zero-order valence-corrected chi connectivity index (χ0v) is 8.95. The zero-order valence-electron chi connectivity index (χ0n) is 8.20. The molecule has 1 aromatic rings. The largest absolute Gasteiger partial charge is 0.391 e. The van der Waals surface area contributed by atoms with Crippen molar-refractivity contribution in [2.45, 2.75) is 20.0 Å². The van der Waals surface area contributed by atoms with E-state index in [-0.39, 0.29) is 6.10 Å². The lowest BCUT2D eigenvalue weighted by Gasteiger charge is -2.05. The van der Waals surface area contributed by atoms with E-state index in [1.165, 1.54) is 0 Å². The average Bonchev–Trinajstić information content (AvgIpc) is 2.15. The van der Waals surface area contributed by atoms with Gasteiger partial charge in [-0.1, -0.05) is 28.9 Å². The second-order valence-electron chi connectivity index (χ2n) is 3.11. The SMILES string of the molecule is CC(C)O/N=C(\N)c1ccccc1Cl. The summed E-state index contributed by atoms with van der Waals surface area (Å²) in [4.78, 5) is 5.02. The van der Waals surface area contributed by atoms with Crippen LogP contribution in [0.15, 0.2) is 29.4 Å². The molecule has 0 unspecified atom stereocenters. The van der Waals surface area contributed by atoms with Crippen molar-refractivity contribution >= 4 is 17.4 Å². The summed E-state index contributed by atoms with van der Waals surface area (Å²) in [5.74, 6) is 0.296. The number of amidine groups is 1. The van der Waals surface area contributed by atoms with Crippen LogP contribution in [0.1, 0.15) is 19.4 Å². The Morgan fingerprint density at radius 3 is 2.64 bits per heavy atom. The second-order valence-corrected chi connectivity index (χ2v) is 3.52. The molecule has 0 amide bonds. The fraction of sp³-hybridized carbons (Fsp3) is 0.300. The van der Waals surface area contributed by atoms with Gasteiger partial charge in [-0.25, -0.2) is 0 Å². The van der Waals surface area contributed by atoms with Crippen LogP contribution >= 0.6 is 11.6 Å². The Hall–Kier alpha value is -1.22. The molecule has 4 heteroatoms. The Labute approximate surface area is 88.5 Å². The number of hydrogen-bond acceptors (Lipinski definition) is 2. The van der Waals surface area contributed by atoms with Crippen molar-refractivity contribution in [3.63, 3.8) is 0 Å². The summed E-state index contributed by atoms with van der Waals surface area (Å²) >= 11 is 5.92. The van der Waals surface area contributed by atoms with Gasteiger partial charge in [0, 0.05) is 5.56 Å². The molecule has 0 spiro atoms. The molecule has 0 atom stereocenters. The van der Waals surface area contributed by atoms with Crippen LogP contribution in [-0.2, 0) is 4.84 Å². The number of benzene rings is 1. The van der Waals surface area contributed by atoms with Gasteiger partial charge in [-0.15, -0.1) is 0 Å². The van der Waals surface area contributed by atoms with Gasteiger partial charge in [-0.2, -0.15) is 0 Å². The Morgan fingerprint density at radius 1 is 1.43 bits per heavy atom. The topological polar surface area (TPSA) is 47.6 Å². The number of nitrogens with zero attached hydrogens (tertiary/aromatic N) is 1. The third kappa shape index (κ3) is 2.92. The van der Waals surface area contributed by atoms with Crippen LogP contribution in [0.25, 0.3) is 0 Å². The molecule has 0 saturated heterocycles. The van der Waals surface area contributed by atoms with Crippen LogP contribution in [0.2, 0.25) is 5.02 Å². The summed E-state index contributed by atoms with van der Waals surface area (Å²) in [5, 5.41) is 4.34. The lowest BCUT2D eigenvalue weighted by Crippen LogP contribution is -2.15. The summed E-state index contributed by atoms with van der Waals surface area (Å²) in [7, 11) is 0. The maximum absolute atomic E-state index is 5.92. The predicted molar refractivity (Wildman–Crippen MR) is 58.4 cm³/mol. The van der Waals surface area contributed by atoms with Gasteiger partial charge in [-0.05, 0) is 26.0 Å². The Bertz CT molecular complexity index is 337. The summed E-state index contributed by atoms with van der Waals surface area (Å²) in [6.07, 6.45) is 0.0102. The summed E-state index contributed by atoms with van der Waals surface area (Å²) in [6, 6.07) is 7.24. The molecule has 14 heavy (non-hydrogen) atoms. The highest BCUT2D eigenvalue weighted by molar-refractivity contribution is 6.34. The average molecular weight is 213 g/mol. The van der Waals surface area contributed by atoms with Gasteiger partial charge in [0.1, 0.15) is 6.10 Å². The number of nitrogens with two attached hydrogens (primary N) is 1. The smallest absolute Gasteiger partial charge is 0.171 e. The van der Waals surface area contributed by atoms with Gasteiger partial charge < -0.3 is 10.6 Å². The Balaban J connectivity index is 2.84. The van der Waals surface area contributed by atoms with E-state index in [1.807, 2.05) is 26.0 Å². The molecular formula is C10H13ClN2O. The van der Waals surface area contributed by atoms with E-state index in [9.17, 15) is 0 Å². The molecule has 1 aromatic carbocycles. The third-order valence-electron chi connectivity index (χ3n) is 1.51. The van der Waals surface area contributed by atoms with E-state index in [2.05, 4.69) is 5.16 Å². The molecule has 0 heterocycles. The fourth-order valence-corrected chi connectivity index (χ4v) is 1.11. The van der Waals surface area contributed by atoms with Crippen molar-refractivity contribution in [1.82, 2.24) is 0 Å². The van der Waals surface area contributed by atoms with Crippen molar-refractivity contribution in [3.8, 4) is 0 Å². The molecule has 0 aliphatic heterocycles. The van der Waals surface area contributed by atoms with Gasteiger partial charge in [0.25, 0.3) is 0 Å². The Kier molecular flexibility index (Phi) is 3.77. The van der Waals surface area contributed by atoms with Crippen LogP contribution in [0.3, 0.4) is 0 Å². The molecule has 3 nitrogen and oxygen atoms in total. The lowest BCUT2D eigenvalue weighted by molar-refractivity contribution is 0.0858. The van der Waals surface area contributed by atoms with Crippen molar-refractivity contribution in [1.29, 1.82) is 0 Å². The first kappa shape index (κ1) is 10.9. The van der Waals surface area contributed by atoms with E-state index < -0.39 is 0 Å². The molecule has 0 radical (unpaired) electrons. The summed E-state index contributed by atoms with van der Waals surface area (Å²) < 4.78 is 0. The number of hydrogen-bond donors (Lipinski definition) is 1. The van der Waals surface area contributed by atoms with Gasteiger partial charge in [0.15, 0.2) is 5.84 Å². The lowest BCUT2D eigenvalue weighted by atomic mass is 10.2. The van der Waals surface area contributed by atoms with Crippen LogP contribution in [0.5, 0.6) is 0 Å². The molecule has 2 N–H and O–H groups in total. The van der Waals surface area contributed by atoms with E-state index in [0.717, 1.165) is 0 Å². The molecule has 0 saturated carbocycles. The minimum atomic E-state index is 0.0102. The van der Waals surface area contributed by atoms with E-state index in [0.29, 0.717) is 16.4 Å². The number of oxime groups is 1. The second kappa shape index (κ2) is 4.86. The minimum absolute atomic E-state index is 0.0102. The highest BCUT2D eigenvalue weighted by atomic mass is 35.5. The highest BCUT2D eigenvalue weighted by Crippen LogP contribution is 2.14. The predicted octanol–water partition coefficient (Wildman–Crippen LogP) is 2.39. The van der Waals surface area contributed by atoms with Gasteiger partial charge in [0.05, 0.1) is 5.02 Å². The van der Waals surface area contributed by atoms with Gasteiger partial charge in [0.2, 0.25) is 0 Å². The molecular weight excluding hydrogens is 200 g/mol. The zero-order chi connectivity index (χ0) is 10.6. The Morgan fingerprint density at radius 2 is 2.07 bits per heavy atom. The van der Waals surface area contributed by atoms with Crippen molar-refractivity contribution in [2.75, 3.05) is 0 Å². The summed E-state index contributed by atoms with van der Waals surface area (Å²) in [6.45, 7) is 3.76. The minimum Gasteiger partial charge on any atom is -0.391 e. The van der Waals surface area contributed by atoms with Crippen molar-refractivity contribution in [2.24, 2.45) is 10.9 Å². The van der Waals surface area contributed by atoms with Crippen LogP contribution < -0.4 is 5.73 Å². The summed E-state index contributed by atoms with van der Waals surface area (Å²) in [5.41, 5.74) is 6.37. The third-order valence-corrected chi connectivity index (χ3v) is 1.84. The molecule has 0 fully saturated rings. The molecule has 0 aromatic heterocycles. The van der Waals surface area contributed by atoms with Crippen LogP contribution in [-0.4, -0.2) is 11.9 Å². The molecule has 0 aliphatic carbocycles. The number of halogens is 1. The normalized spacial score (nSPS) is 11.9.